The fourth-order valence-corrected chi connectivity index (χ4v) is 4.09. The van der Waals surface area contributed by atoms with E-state index in [0.29, 0.717) is 12.2 Å². The Morgan fingerprint density at radius 2 is 2.03 bits per heavy atom. The minimum Gasteiger partial charge on any atom is -0.337 e. The van der Waals surface area contributed by atoms with Gasteiger partial charge in [0.05, 0.1) is 11.4 Å². The van der Waals surface area contributed by atoms with Gasteiger partial charge in [0.1, 0.15) is 0 Å². The summed E-state index contributed by atoms with van der Waals surface area (Å²) < 4.78 is 1.76. The average molecular weight is 393 g/mol. The summed E-state index contributed by atoms with van der Waals surface area (Å²) in [5.74, 6) is -0.0421. The van der Waals surface area contributed by atoms with Gasteiger partial charge in [0, 0.05) is 36.3 Å². The van der Waals surface area contributed by atoms with Gasteiger partial charge in [-0.15, -0.1) is 5.10 Å². The molecule has 1 aliphatic heterocycles. The zero-order valence-electron chi connectivity index (χ0n) is 17.2. The Morgan fingerprint density at radius 3 is 2.83 bits per heavy atom. The molecular weight excluding hydrogens is 364 g/mol. The van der Waals surface area contributed by atoms with Crippen LogP contribution in [-0.2, 0) is 0 Å². The highest BCUT2D eigenvalue weighted by Crippen LogP contribution is 2.23. The molecule has 0 N–H and O–H groups in total. The first-order valence-corrected chi connectivity index (χ1v) is 10.5. The first kappa shape index (κ1) is 19.5. The number of pyridine rings is 1. The third kappa shape index (κ3) is 4.00. The third-order valence-electron chi connectivity index (χ3n) is 5.75. The van der Waals surface area contributed by atoms with Gasteiger partial charge in [-0.3, -0.25) is 9.78 Å². The monoisotopic (exact) mass is 392 g/mol. The Balaban J connectivity index is 1.52. The molecule has 1 aliphatic rings. The van der Waals surface area contributed by atoms with E-state index in [-0.39, 0.29) is 5.91 Å². The number of carbonyl (C=O) groups is 1. The summed E-state index contributed by atoms with van der Waals surface area (Å²) in [5.41, 5.74) is 2.10. The van der Waals surface area contributed by atoms with E-state index in [1.807, 2.05) is 49.2 Å². The fourth-order valence-electron chi connectivity index (χ4n) is 4.09. The quantitative estimate of drug-likeness (QED) is 0.618. The van der Waals surface area contributed by atoms with Crippen molar-refractivity contribution in [3.63, 3.8) is 0 Å². The number of hydrogen-bond donors (Lipinski definition) is 0. The van der Waals surface area contributed by atoms with Crippen molar-refractivity contribution in [1.82, 2.24) is 29.8 Å². The minimum absolute atomic E-state index is 0.0421. The van der Waals surface area contributed by atoms with Crippen LogP contribution in [-0.4, -0.2) is 68.4 Å². The predicted octanol–water partition coefficient (Wildman–Crippen LogP) is 3.07. The lowest BCUT2D eigenvalue weighted by Gasteiger charge is -2.22. The molecule has 1 fully saturated rings. The van der Waals surface area contributed by atoms with Gasteiger partial charge in [-0.2, -0.15) is 0 Å². The molecule has 0 unspecified atom stereocenters. The summed E-state index contributed by atoms with van der Waals surface area (Å²) in [5, 5.41) is 10.6. The molecule has 1 saturated heterocycles. The number of carbonyl (C=O) groups excluding carboxylic acids is 1. The molecule has 1 aromatic carbocycles. The molecule has 0 spiro atoms. The van der Waals surface area contributed by atoms with Gasteiger partial charge in [-0.25, -0.2) is 4.68 Å². The van der Waals surface area contributed by atoms with E-state index >= 15 is 0 Å². The maximum Gasteiger partial charge on any atom is 0.276 e. The van der Waals surface area contributed by atoms with Crippen LogP contribution in [0.2, 0.25) is 0 Å². The summed E-state index contributed by atoms with van der Waals surface area (Å²) >= 11 is 0. The van der Waals surface area contributed by atoms with Gasteiger partial charge in [0.25, 0.3) is 5.91 Å². The molecule has 4 rings (SSSR count). The van der Waals surface area contributed by atoms with E-state index in [4.69, 9.17) is 0 Å². The van der Waals surface area contributed by atoms with Crippen LogP contribution in [0.3, 0.4) is 0 Å². The molecule has 152 valence electrons. The normalized spacial score (nSPS) is 14.6. The molecule has 0 atom stereocenters. The predicted molar refractivity (Wildman–Crippen MR) is 113 cm³/mol. The van der Waals surface area contributed by atoms with Crippen LogP contribution in [0, 0.1) is 6.92 Å². The zero-order chi connectivity index (χ0) is 20.2. The largest absolute Gasteiger partial charge is 0.337 e. The molecule has 0 radical (unpaired) electrons. The number of hydrogen-bond acceptors (Lipinski definition) is 5. The number of fused-ring (bicyclic) bond motifs is 1. The second-order valence-corrected chi connectivity index (χ2v) is 7.60. The second-order valence-electron chi connectivity index (χ2n) is 7.60. The number of amides is 1. The average Bonchev–Trinajstić information content (AvgIpc) is 3.40. The van der Waals surface area contributed by atoms with Crippen molar-refractivity contribution >= 4 is 16.7 Å². The SMILES string of the molecule is CCN(CCCN1CCCC1)C(=O)c1nnn(-c2cccc3cnccc23)c1C. The van der Waals surface area contributed by atoms with Crippen LogP contribution in [0.25, 0.3) is 16.5 Å². The molecule has 0 bridgehead atoms. The van der Waals surface area contributed by atoms with Gasteiger partial charge in [0.2, 0.25) is 0 Å². The lowest BCUT2D eigenvalue weighted by Crippen LogP contribution is -2.34. The highest BCUT2D eigenvalue weighted by atomic mass is 16.2. The molecule has 3 heterocycles. The standard InChI is InChI=1S/C22H28N6O/c1-3-27(15-7-14-26-12-4-5-13-26)22(29)21-17(2)28(25-24-21)20-9-6-8-18-16-23-11-10-19(18)20/h6,8-11,16H,3-5,7,12-15H2,1-2H3. The number of nitrogens with zero attached hydrogens (tertiary/aromatic N) is 6. The van der Waals surface area contributed by atoms with E-state index in [0.717, 1.165) is 41.7 Å². The maximum atomic E-state index is 13.1. The van der Waals surface area contributed by atoms with Gasteiger partial charge >= 0.3 is 0 Å². The van der Waals surface area contributed by atoms with Crippen LogP contribution >= 0.6 is 0 Å². The summed E-state index contributed by atoms with van der Waals surface area (Å²) in [6.45, 7) is 8.78. The van der Waals surface area contributed by atoms with Crippen LogP contribution in [0.1, 0.15) is 42.4 Å². The van der Waals surface area contributed by atoms with E-state index in [1.54, 1.807) is 10.9 Å². The van der Waals surface area contributed by atoms with E-state index in [2.05, 4.69) is 20.2 Å². The molecule has 1 amide bonds. The summed E-state index contributed by atoms with van der Waals surface area (Å²) in [4.78, 5) is 21.7. The molecule has 7 nitrogen and oxygen atoms in total. The Bertz CT molecular complexity index is 987. The van der Waals surface area contributed by atoms with Crippen LogP contribution in [0.4, 0.5) is 0 Å². The fraction of sp³-hybridized carbons (Fsp3) is 0.455. The van der Waals surface area contributed by atoms with E-state index in [9.17, 15) is 4.79 Å². The van der Waals surface area contributed by atoms with Crippen LogP contribution in [0.5, 0.6) is 0 Å². The van der Waals surface area contributed by atoms with Crippen molar-refractivity contribution in [3.8, 4) is 5.69 Å². The van der Waals surface area contributed by atoms with Crippen LogP contribution < -0.4 is 0 Å². The van der Waals surface area contributed by atoms with E-state index in [1.165, 1.54) is 25.9 Å². The Hall–Kier alpha value is -2.80. The molecule has 2 aromatic heterocycles. The topological polar surface area (TPSA) is 67.2 Å². The number of aromatic nitrogens is 4. The van der Waals surface area contributed by atoms with Gasteiger partial charge in [-0.1, -0.05) is 17.3 Å². The van der Waals surface area contributed by atoms with Crippen molar-refractivity contribution in [3.05, 3.63) is 48.0 Å². The van der Waals surface area contributed by atoms with Crippen molar-refractivity contribution in [1.29, 1.82) is 0 Å². The van der Waals surface area contributed by atoms with Gasteiger partial charge in [-0.05, 0) is 64.9 Å². The summed E-state index contributed by atoms with van der Waals surface area (Å²) in [7, 11) is 0. The first-order chi connectivity index (χ1) is 14.2. The first-order valence-electron chi connectivity index (χ1n) is 10.5. The van der Waals surface area contributed by atoms with Crippen molar-refractivity contribution in [2.24, 2.45) is 0 Å². The Labute approximate surface area is 171 Å². The molecule has 0 saturated carbocycles. The third-order valence-corrected chi connectivity index (χ3v) is 5.75. The number of rotatable bonds is 7. The lowest BCUT2D eigenvalue weighted by atomic mass is 10.1. The summed E-state index contributed by atoms with van der Waals surface area (Å²) in [6.07, 6.45) is 7.18. The van der Waals surface area contributed by atoms with Crippen molar-refractivity contribution in [2.75, 3.05) is 32.7 Å². The maximum absolute atomic E-state index is 13.1. The van der Waals surface area contributed by atoms with Crippen LogP contribution in [0.15, 0.2) is 36.7 Å². The summed E-state index contributed by atoms with van der Waals surface area (Å²) in [6, 6.07) is 7.94. The highest BCUT2D eigenvalue weighted by Gasteiger charge is 2.23. The smallest absolute Gasteiger partial charge is 0.276 e. The zero-order valence-corrected chi connectivity index (χ0v) is 17.2. The Morgan fingerprint density at radius 1 is 1.21 bits per heavy atom. The number of benzene rings is 1. The molecule has 29 heavy (non-hydrogen) atoms. The Kier molecular flexibility index (Phi) is 5.85. The molecule has 3 aromatic rings. The van der Waals surface area contributed by atoms with Crippen molar-refractivity contribution in [2.45, 2.75) is 33.1 Å². The van der Waals surface area contributed by atoms with Crippen molar-refractivity contribution < 1.29 is 4.79 Å². The van der Waals surface area contributed by atoms with E-state index < -0.39 is 0 Å². The van der Waals surface area contributed by atoms with Gasteiger partial charge in [0.15, 0.2) is 5.69 Å². The minimum atomic E-state index is -0.0421. The molecular formula is C22H28N6O. The number of likely N-dealkylation sites (tertiary alicyclic amines) is 1. The molecule has 0 aliphatic carbocycles. The highest BCUT2D eigenvalue weighted by molar-refractivity contribution is 5.94. The molecule has 7 heteroatoms. The second kappa shape index (κ2) is 8.69. The lowest BCUT2D eigenvalue weighted by molar-refractivity contribution is 0.0751. The van der Waals surface area contributed by atoms with Gasteiger partial charge < -0.3 is 9.80 Å².